The van der Waals surface area contributed by atoms with Gasteiger partial charge in [-0.2, -0.15) is 0 Å². The van der Waals surface area contributed by atoms with Crippen molar-refractivity contribution in [2.24, 2.45) is 0 Å². The fraction of sp³-hybridized carbons (Fsp3) is 0.474. The molecule has 0 bridgehead atoms. The molecule has 0 aromatic heterocycles. The lowest BCUT2D eigenvalue weighted by atomic mass is 9.97. The van der Waals surface area contributed by atoms with E-state index in [1.807, 2.05) is 38.1 Å². The number of Topliss-reactive ketones (excluding diaryl/α,β-unsaturated/α-hetero) is 2. The third-order valence-electron chi connectivity index (χ3n) is 4.35. The number of rotatable bonds is 3. The predicted octanol–water partition coefficient (Wildman–Crippen LogP) is 2.62. The van der Waals surface area contributed by atoms with Crippen molar-refractivity contribution in [1.29, 1.82) is 0 Å². The van der Waals surface area contributed by atoms with Crippen molar-refractivity contribution in [3.8, 4) is 0 Å². The van der Waals surface area contributed by atoms with Gasteiger partial charge >= 0.3 is 0 Å². The molecule has 0 radical (unpaired) electrons. The van der Waals surface area contributed by atoms with Crippen molar-refractivity contribution in [2.75, 3.05) is 12.3 Å². The summed E-state index contributed by atoms with van der Waals surface area (Å²) in [6.07, 6.45) is 1.86. The fourth-order valence-corrected chi connectivity index (χ4v) is 4.32. The summed E-state index contributed by atoms with van der Waals surface area (Å²) in [7, 11) is 0. The molecular formula is C19H26NO3S+. The van der Waals surface area contributed by atoms with Crippen LogP contribution in [-0.4, -0.2) is 29.5 Å². The van der Waals surface area contributed by atoms with Crippen LogP contribution in [0.1, 0.15) is 44.7 Å². The van der Waals surface area contributed by atoms with Crippen molar-refractivity contribution in [3.05, 3.63) is 40.3 Å². The third-order valence-corrected chi connectivity index (χ3v) is 5.68. The molecule has 1 aromatic rings. The Kier molecular flexibility index (Phi) is 6.24. The molecule has 24 heavy (non-hydrogen) atoms. The van der Waals surface area contributed by atoms with E-state index in [2.05, 4.69) is 12.7 Å². The lowest BCUT2D eigenvalue weighted by Gasteiger charge is -2.38. The minimum Gasteiger partial charge on any atom is -0.484 e. The molecule has 2 aliphatic rings. The van der Waals surface area contributed by atoms with Gasteiger partial charge in [0.05, 0.1) is 6.54 Å². The summed E-state index contributed by atoms with van der Waals surface area (Å²) in [5.41, 5.74) is 5.39. The molecule has 130 valence electrons. The van der Waals surface area contributed by atoms with Crippen LogP contribution < -0.4 is 5.73 Å². The largest absolute Gasteiger partial charge is 0.484 e. The smallest absolute Gasteiger partial charge is 0.239 e. The molecule has 0 amide bonds. The highest BCUT2D eigenvalue weighted by molar-refractivity contribution is 8.04. The van der Waals surface area contributed by atoms with E-state index in [0.29, 0.717) is 16.4 Å². The maximum Gasteiger partial charge on any atom is 0.239 e. The molecule has 0 saturated heterocycles. The van der Waals surface area contributed by atoms with Crippen LogP contribution in [0.4, 0.5) is 0 Å². The van der Waals surface area contributed by atoms with Crippen molar-refractivity contribution in [2.45, 2.75) is 45.6 Å². The molecule has 1 heterocycles. The fourth-order valence-electron chi connectivity index (χ4n) is 2.98. The average Bonchev–Trinajstić information content (AvgIpc) is 2.72. The van der Waals surface area contributed by atoms with E-state index in [1.54, 1.807) is 0 Å². The number of allylic oxidation sites excluding steroid dienone is 1. The van der Waals surface area contributed by atoms with Crippen LogP contribution in [0, 0.1) is 0 Å². The van der Waals surface area contributed by atoms with Gasteiger partial charge in [0.15, 0.2) is 0 Å². The monoisotopic (exact) mass is 348 g/mol. The maximum atomic E-state index is 12.4. The van der Waals surface area contributed by atoms with Crippen LogP contribution in [0.2, 0.25) is 0 Å². The zero-order valence-corrected chi connectivity index (χ0v) is 15.5. The van der Waals surface area contributed by atoms with Crippen molar-refractivity contribution in [3.63, 3.8) is 0 Å². The molecule has 4 nitrogen and oxygen atoms in total. The number of benzene rings is 1. The van der Waals surface area contributed by atoms with Gasteiger partial charge in [0.25, 0.3) is 0 Å². The van der Waals surface area contributed by atoms with Gasteiger partial charge in [-0.3, -0.25) is 9.59 Å². The highest BCUT2D eigenvalue weighted by Gasteiger charge is 2.41. The lowest BCUT2D eigenvalue weighted by Crippen LogP contribution is -2.54. The predicted molar refractivity (Wildman–Crippen MR) is 97.4 cm³/mol. The minimum absolute atomic E-state index is 0.153. The van der Waals surface area contributed by atoms with Gasteiger partial charge in [0, 0.05) is 24.2 Å². The molecule has 1 unspecified atom stereocenters. The second-order valence-corrected chi connectivity index (χ2v) is 6.76. The molecule has 0 fully saturated rings. The molecule has 3 N–H and O–H groups in total. The second kappa shape index (κ2) is 7.99. The van der Waals surface area contributed by atoms with E-state index in [0.717, 1.165) is 30.5 Å². The number of hydrogen-bond donors (Lipinski definition) is 1. The lowest BCUT2D eigenvalue weighted by molar-refractivity contribution is -0.373. The van der Waals surface area contributed by atoms with E-state index < -0.39 is 5.78 Å². The molecular weight excluding hydrogens is 322 g/mol. The Bertz CT molecular complexity index is 668. The standard InChI is InChI=1S/C17H19NO3S.C2H6/c1-2-17(7-8-18)10-22-16-14(20)13(19)9-11-5-3-4-6-12(11)15(16)21-17;1-2/h3-6H,2,7-10,18H2,1H3;1-2H3/p+1. The van der Waals surface area contributed by atoms with Crippen molar-refractivity contribution < 1.29 is 20.1 Å². The number of carbonyl (C=O) groups excluding carboxylic acids is 2. The molecule has 1 aliphatic carbocycles. The molecule has 0 saturated carbocycles. The molecule has 0 spiro atoms. The average molecular weight is 348 g/mol. The Morgan fingerprint density at radius 1 is 1.25 bits per heavy atom. The van der Waals surface area contributed by atoms with Gasteiger partial charge in [0.2, 0.25) is 11.6 Å². The summed E-state index contributed by atoms with van der Waals surface area (Å²) in [5.74, 6) is 0.530. The molecule has 3 rings (SSSR count). The van der Waals surface area contributed by atoms with Crippen LogP contribution in [0.15, 0.2) is 29.2 Å². The first-order valence-electron chi connectivity index (χ1n) is 8.61. The number of thioether (sulfide) groups is 1. The number of ketones is 2. The number of ether oxygens (including phenoxy) is 1. The third kappa shape index (κ3) is 3.42. The van der Waals surface area contributed by atoms with E-state index in [4.69, 9.17) is 4.74 Å². The van der Waals surface area contributed by atoms with Gasteiger partial charge in [-0.15, -0.1) is 11.8 Å². The zero-order chi connectivity index (χ0) is 17.7. The van der Waals surface area contributed by atoms with Crippen molar-refractivity contribution >= 4 is 29.1 Å². The molecule has 1 aromatic carbocycles. The first-order chi connectivity index (χ1) is 11.6. The van der Waals surface area contributed by atoms with Crippen LogP contribution >= 0.6 is 11.8 Å². The van der Waals surface area contributed by atoms with Gasteiger partial charge < -0.3 is 10.5 Å². The Morgan fingerprint density at radius 3 is 2.62 bits per heavy atom. The summed E-state index contributed by atoms with van der Waals surface area (Å²) in [6.45, 7) is 6.88. The number of carbonyl (C=O) groups is 2. The maximum absolute atomic E-state index is 12.4. The van der Waals surface area contributed by atoms with Gasteiger partial charge in [-0.1, -0.05) is 45.0 Å². The molecule has 1 atom stereocenters. The number of quaternary nitrogens is 1. The van der Waals surface area contributed by atoms with Crippen molar-refractivity contribution in [1.82, 2.24) is 0 Å². The van der Waals surface area contributed by atoms with Gasteiger partial charge in [-0.05, 0) is 12.0 Å². The number of fused-ring (bicyclic) bond motifs is 2. The topological polar surface area (TPSA) is 71.0 Å². The summed E-state index contributed by atoms with van der Waals surface area (Å²) in [6, 6.07) is 7.64. The first-order valence-corrected chi connectivity index (χ1v) is 9.60. The Morgan fingerprint density at radius 2 is 1.96 bits per heavy atom. The van der Waals surface area contributed by atoms with Gasteiger partial charge in [-0.25, -0.2) is 0 Å². The SMILES string of the molecule is CC.CCC1(CC[NH3+])CSC2=C(O1)c1ccccc1CC(=O)C2=O. The Hall–Kier alpha value is -1.59. The normalized spacial score (nSPS) is 22.7. The second-order valence-electron chi connectivity index (χ2n) is 5.78. The minimum atomic E-state index is -0.407. The highest BCUT2D eigenvalue weighted by Crippen LogP contribution is 2.44. The molecule has 5 heteroatoms. The Labute approximate surface area is 147 Å². The van der Waals surface area contributed by atoms with Crippen LogP contribution in [0.5, 0.6) is 0 Å². The summed E-state index contributed by atoms with van der Waals surface area (Å²) >= 11 is 1.46. The number of hydrogen-bond acceptors (Lipinski definition) is 4. The quantitative estimate of drug-likeness (QED) is 0.853. The first kappa shape index (κ1) is 18.7. The summed E-state index contributed by atoms with van der Waals surface area (Å²) in [5, 5.41) is 0. The summed E-state index contributed by atoms with van der Waals surface area (Å²) in [4.78, 5) is 25.0. The van der Waals surface area contributed by atoms with E-state index in [9.17, 15) is 9.59 Å². The van der Waals surface area contributed by atoms with Crippen LogP contribution in [-0.2, 0) is 20.7 Å². The van der Waals surface area contributed by atoms with Gasteiger partial charge in [0.1, 0.15) is 16.3 Å². The van der Waals surface area contributed by atoms with E-state index in [1.165, 1.54) is 11.8 Å². The van der Waals surface area contributed by atoms with Crippen LogP contribution in [0.3, 0.4) is 0 Å². The van der Waals surface area contributed by atoms with Crippen LogP contribution in [0.25, 0.3) is 5.76 Å². The Balaban J connectivity index is 0.00000100. The molecule has 1 aliphatic heterocycles. The zero-order valence-electron chi connectivity index (χ0n) is 14.7. The highest BCUT2D eigenvalue weighted by atomic mass is 32.2. The van der Waals surface area contributed by atoms with E-state index >= 15 is 0 Å². The summed E-state index contributed by atoms with van der Waals surface area (Å²) < 4.78 is 6.34. The van der Waals surface area contributed by atoms with E-state index in [-0.39, 0.29) is 17.8 Å².